The summed E-state index contributed by atoms with van der Waals surface area (Å²) in [6.07, 6.45) is 12.4. The fourth-order valence-electron chi connectivity index (χ4n) is 12.8. The predicted octanol–water partition coefficient (Wildman–Crippen LogP) is 8.33. The van der Waals surface area contributed by atoms with Gasteiger partial charge in [0.05, 0.1) is 23.4 Å². The summed E-state index contributed by atoms with van der Waals surface area (Å²) in [4.78, 5) is 14.4. The quantitative estimate of drug-likeness (QED) is 0.271. The number of aliphatic hydroxyl groups excluding tert-OH is 1. The van der Waals surface area contributed by atoms with Gasteiger partial charge in [-0.1, -0.05) is 70.2 Å². The standard InChI is InChI=1S/C39H55N3O3/c1-25(2)28-15-20-39(34(44)45-24-26-23-42(41-40-26)27-11-9-8-10-12-27)22-21-37(6)29(33(28)39)13-14-31-36(5)18-17-32(43)35(3,4)30(36)16-19-38(31,37)7/h8-12,23,28-33,43H,1,13-22,24H2,2-7H3/t28-,29+,30-,31+,32-,33+,36-,37+,38+,39-/m0/s1. The fraction of sp³-hybridized carbons (Fsp3) is 0.718. The van der Waals surface area contributed by atoms with Crippen LogP contribution < -0.4 is 0 Å². The van der Waals surface area contributed by atoms with Crippen molar-refractivity contribution in [3.63, 3.8) is 0 Å². The van der Waals surface area contributed by atoms with E-state index in [-0.39, 0.29) is 46.3 Å². The van der Waals surface area contributed by atoms with Gasteiger partial charge in [-0.2, -0.15) is 0 Å². The fourth-order valence-corrected chi connectivity index (χ4v) is 12.8. The van der Waals surface area contributed by atoms with Crippen molar-refractivity contribution in [2.24, 2.45) is 56.7 Å². The summed E-state index contributed by atoms with van der Waals surface area (Å²) < 4.78 is 7.95. The minimum atomic E-state index is -0.454. The van der Waals surface area contributed by atoms with E-state index in [0.717, 1.165) is 44.2 Å². The number of aromatic nitrogens is 3. The Labute approximate surface area is 270 Å². The van der Waals surface area contributed by atoms with Crippen molar-refractivity contribution in [3.05, 3.63) is 54.4 Å². The minimum Gasteiger partial charge on any atom is -0.459 e. The first-order valence-electron chi connectivity index (χ1n) is 17.8. The molecule has 0 unspecified atom stereocenters. The Hall–Kier alpha value is -2.47. The molecule has 5 fully saturated rings. The normalized spacial score (nSPS) is 43.4. The third-order valence-electron chi connectivity index (χ3n) is 15.4. The van der Waals surface area contributed by atoms with Crippen LogP contribution in [0.4, 0.5) is 0 Å². The molecule has 6 heteroatoms. The van der Waals surface area contributed by atoms with Gasteiger partial charge in [0.2, 0.25) is 0 Å². The number of carbonyl (C=O) groups excluding carboxylic acids is 1. The lowest BCUT2D eigenvalue weighted by atomic mass is 9.32. The summed E-state index contributed by atoms with van der Waals surface area (Å²) in [7, 11) is 0. The highest BCUT2D eigenvalue weighted by atomic mass is 16.5. The molecule has 0 spiro atoms. The maximum Gasteiger partial charge on any atom is 0.312 e. The second-order valence-electron chi connectivity index (χ2n) is 17.3. The van der Waals surface area contributed by atoms with E-state index in [1.54, 1.807) is 4.68 Å². The molecule has 0 bridgehead atoms. The molecule has 244 valence electrons. The van der Waals surface area contributed by atoms with Crippen LogP contribution in [0.3, 0.4) is 0 Å². The molecule has 10 atom stereocenters. The van der Waals surface area contributed by atoms with E-state index in [1.807, 2.05) is 36.5 Å². The van der Waals surface area contributed by atoms with E-state index < -0.39 is 5.41 Å². The van der Waals surface area contributed by atoms with Gasteiger partial charge in [-0.25, -0.2) is 4.68 Å². The largest absolute Gasteiger partial charge is 0.459 e. The third-order valence-corrected chi connectivity index (χ3v) is 15.4. The Bertz CT molecular complexity index is 1470. The molecule has 5 aliphatic carbocycles. The Morgan fingerprint density at radius 1 is 0.933 bits per heavy atom. The third kappa shape index (κ3) is 4.32. The van der Waals surface area contributed by atoms with Gasteiger partial charge < -0.3 is 9.84 Å². The highest BCUT2D eigenvalue weighted by molar-refractivity contribution is 5.78. The molecule has 1 N–H and O–H groups in total. The monoisotopic (exact) mass is 613 g/mol. The molecule has 45 heavy (non-hydrogen) atoms. The number of carbonyl (C=O) groups is 1. The van der Waals surface area contributed by atoms with Crippen molar-refractivity contribution in [2.75, 3.05) is 0 Å². The number of hydrogen-bond acceptors (Lipinski definition) is 5. The van der Waals surface area contributed by atoms with Crippen LogP contribution >= 0.6 is 0 Å². The zero-order valence-electron chi connectivity index (χ0n) is 28.5. The molecule has 1 aromatic carbocycles. The van der Waals surface area contributed by atoms with Crippen LogP contribution in [0.5, 0.6) is 0 Å². The highest BCUT2D eigenvalue weighted by Crippen LogP contribution is 2.77. The molecule has 0 amide bonds. The summed E-state index contributed by atoms with van der Waals surface area (Å²) >= 11 is 0. The van der Waals surface area contributed by atoms with Gasteiger partial charge in [0.25, 0.3) is 0 Å². The number of esters is 1. The van der Waals surface area contributed by atoms with Gasteiger partial charge in [0, 0.05) is 0 Å². The van der Waals surface area contributed by atoms with Crippen LogP contribution in [0.25, 0.3) is 5.69 Å². The first-order valence-corrected chi connectivity index (χ1v) is 17.8. The van der Waals surface area contributed by atoms with Crippen LogP contribution in [-0.4, -0.2) is 32.2 Å². The predicted molar refractivity (Wildman–Crippen MR) is 176 cm³/mol. The van der Waals surface area contributed by atoms with E-state index in [1.165, 1.54) is 31.3 Å². The van der Waals surface area contributed by atoms with Crippen molar-refractivity contribution < 1.29 is 14.6 Å². The number of allylic oxidation sites excluding steroid dienone is 1. The topological polar surface area (TPSA) is 77.2 Å². The Morgan fingerprint density at radius 3 is 2.42 bits per heavy atom. The molecule has 0 aliphatic heterocycles. The maximum atomic E-state index is 14.4. The lowest BCUT2D eigenvalue weighted by Gasteiger charge is -2.72. The second kappa shape index (κ2) is 10.5. The van der Waals surface area contributed by atoms with Gasteiger partial charge in [0.1, 0.15) is 12.3 Å². The Kier molecular flexibility index (Phi) is 7.28. The Morgan fingerprint density at radius 2 is 1.69 bits per heavy atom. The van der Waals surface area contributed by atoms with Crippen molar-refractivity contribution in [2.45, 2.75) is 118 Å². The van der Waals surface area contributed by atoms with Crippen LogP contribution in [0.15, 0.2) is 48.7 Å². The average molecular weight is 614 g/mol. The lowest BCUT2D eigenvalue weighted by molar-refractivity contribution is -0.248. The Balaban J connectivity index is 1.16. The molecule has 1 heterocycles. The lowest BCUT2D eigenvalue weighted by Crippen LogP contribution is -2.67. The number of ether oxygens (including phenoxy) is 1. The molecule has 0 radical (unpaired) electrons. The van der Waals surface area contributed by atoms with Gasteiger partial charge in [-0.15, -0.1) is 5.10 Å². The molecule has 5 saturated carbocycles. The molecular weight excluding hydrogens is 558 g/mol. The highest BCUT2D eigenvalue weighted by Gasteiger charge is 2.72. The van der Waals surface area contributed by atoms with E-state index in [9.17, 15) is 9.90 Å². The van der Waals surface area contributed by atoms with Gasteiger partial charge in [0.15, 0.2) is 0 Å². The molecule has 0 saturated heterocycles. The number of benzene rings is 1. The zero-order chi connectivity index (χ0) is 32.0. The molecule has 5 aliphatic rings. The summed E-state index contributed by atoms with van der Waals surface area (Å²) in [5, 5.41) is 19.7. The number of para-hydroxylation sites is 1. The van der Waals surface area contributed by atoms with Crippen LogP contribution in [-0.2, 0) is 16.1 Å². The van der Waals surface area contributed by atoms with Gasteiger partial charge in [-0.05, 0) is 135 Å². The summed E-state index contributed by atoms with van der Waals surface area (Å²) in [6, 6.07) is 9.91. The van der Waals surface area contributed by atoms with Crippen molar-refractivity contribution in [3.8, 4) is 5.69 Å². The van der Waals surface area contributed by atoms with E-state index in [2.05, 4.69) is 58.4 Å². The minimum absolute atomic E-state index is 0.0291. The first kappa shape index (κ1) is 31.1. The molecule has 6 nitrogen and oxygen atoms in total. The smallest absolute Gasteiger partial charge is 0.312 e. The summed E-state index contributed by atoms with van der Waals surface area (Å²) in [5.74, 6) is 2.28. The van der Waals surface area contributed by atoms with Gasteiger partial charge >= 0.3 is 5.97 Å². The second-order valence-corrected chi connectivity index (χ2v) is 17.3. The zero-order valence-corrected chi connectivity index (χ0v) is 28.5. The maximum absolute atomic E-state index is 14.4. The number of rotatable bonds is 5. The average Bonchev–Trinajstić information content (AvgIpc) is 3.65. The number of hydrogen-bond donors (Lipinski definition) is 1. The van der Waals surface area contributed by atoms with Gasteiger partial charge in [-0.3, -0.25) is 4.79 Å². The molecule has 1 aromatic heterocycles. The van der Waals surface area contributed by atoms with Crippen molar-refractivity contribution in [1.82, 2.24) is 15.0 Å². The van der Waals surface area contributed by atoms with E-state index >= 15 is 0 Å². The SMILES string of the molecule is C=C(C)[C@@H]1CC[C@]2(C(=O)OCc3cn(-c4ccccc4)nn3)CC[C@]3(C)[C@H](CC[C@@H]4[C@@]5(C)CC[C@H](O)C(C)(C)[C@@H]5CC[C@]43C)[C@@H]12. The van der Waals surface area contributed by atoms with Crippen LogP contribution in [0.2, 0.25) is 0 Å². The first-order chi connectivity index (χ1) is 21.3. The molecule has 2 aromatic rings. The summed E-state index contributed by atoms with van der Waals surface area (Å²) in [5.41, 5.74) is 2.98. The van der Waals surface area contributed by atoms with E-state index in [0.29, 0.717) is 29.4 Å². The molecule has 7 rings (SSSR count). The van der Waals surface area contributed by atoms with Crippen molar-refractivity contribution in [1.29, 1.82) is 0 Å². The van der Waals surface area contributed by atoms with Crippen molar-refractivity contribution >= 4 is 5.97 Å². The van der Waals surface area contributed by atoms with E-state index in [4.69, 9.17) is 4.74 Å². The number of nitrogens with zero attached hydrogens (tertiary/aromatic N) is 3. The number of aliphatic hydroxyl groups is 1. The molecular formula is C39H55N3O3. The van der Waals surface area contributed by atoms with Crippen LogP contribution in [0, 0.1) is 56.7 Å². The summed E-state index contributed by atoms with van der Waals surface area (Å²) in [6.45, 7) is 19.3. The van der Waals surface area contributed by atoms with Crippen LogP contribution in [0.1, 0.15) is 111 Å². The number of fused-ring (bicyclic) bond motifs is 7.